The van der Waals surface area contributed by atoms with Gasteiger partial charge in [0.25, 0.3) is 0 Å². The van der Waals surface area contributed by atoms with Crippen LogP contribution in [0.5, 0.6) is 0 Å². The molecular weight excluding hydrogens is 264 g/mol. The van der Waals surface area contributed by atoms with Crippen molar-refractivity contribution in [1.82, 2.24) is 10.6 Å². The lowest BCUT2D eigenvalue weighted by atomic mass is 10.1. The average molecular weight is 282 g/mol. The number of nitrogens with one attached hydrogen (secondary N) is 2. The lowest BCUT2D eigenvalue weighted by Gasteiger charge is -2.07. The Kier molecular flexibility index (Phi) is 5.10. The summed E-state index contributed by atoms with van der Waals surface area (Å²) in [4.78, 5) is 22.7. The van der Waals surface area contributed by atoms with Gasteiger partial charge in [-0.3, -0.25) is 9.59 Å². The molecule has 4 nitrogen and oxygen atoms in total. The maximum atomic E-state index is 11.8. The van der Waals surface area contributed by atoms with Crippen molar-refractivity contribution >= 4 is 22.6 Å². The molecule has 0 saturated heterocycles. The molecule has 0 aliphatic rings. The van der Waals surface area contributed by atoms with E-state index in [2.05, 4.69) is 17.2 Å². The Labute approximate surface area is 123 Å². The van der Waals surface area contributed by atoms with Crippen LogP contribution in [0, 0.1) is 0 Å². The van der Waals surface area contributed by atoms with Crippen LogP contribution in [-0.4, -0.2) is 24.9 Å². The van der Waals surface area contributed by atoms with Gasteiger partial charge in [0.05, 0.1) is 6.42 Å². The third kappa shape index (κ3) is 4.45. The Morgan fingerprint density at radius 1 is 1.00 bits per heavy atom. The number of fused-ring (bicyclic) bond motifs is 1. The maximum Gasteiger partial charge on any atom is 0.243 e. The van der Waals surface area contributed by atoms with Gasteiger partial charge >= 0.3 is 0 Å². The molecule has 4 heteroatoms. The number of carbonyl (C=O) groups is 2. The van der Waals surface area contributed by atoms with Gasteiger partial charge in [-0.1, -0.05) is 49.0 Å². The van der Waals surface area contributed by atoms with Crippen LogP contribution in [0.25, 0.3) is 10.8 Å². The molecule has 0 saturated carbocycles. The summed E-state index contributed by atoms with van der Waals surface area (Å²) in [6, 6.07) is 14.0. The molecule has 0 spiro atoms. The van der Waals surface area contributed by atoms with Crippen molar-refractivity contribution in [3.05, 3.63) is 60.7 Å². The normalized spacial score (nSPS) is 10.1. The Hall–Kier alpha value is -2.62. The SMILES string of the molecule is C=CC(=O)NCCNC(=O)Cc1ccc2ccccc2c1. The number of amides is 2. The molecule has 2 rings (SSSR count). The van der Waals surface area contributed by atoms with E-state index in [1.165, 1.54) is 6.08 Å². The summed E-state index contributed by atoms with van der Waals surface area (Å²) in [7, 11) is 0. The van der Waals surface area contributed by atoms with E-state index >= 15 is 0 Å². The first-order chi connectivity index (χ1) is 10.2. The minimum atomic E-state index is -0.237. The van der Waals surface area contributed by atoms with Crippen molar-refractivity contribution < 1.29 is 9.59 Å². The Bertz CT molecular complexity index is 665. The van der Waals surface area contributed by atoms with Gasteiger partial charge in [0.1, 0.15) is 0 Å². The van der Waals surface area contributed by atoms with Crippen LogP contribution in [-0.2, 0) is 16.0 Å². The quantitative estimate of drug-likeness (QED) is 0.627. The minimum absolute atomic E-state index is 0.0573. The van der Waals surface area contributed by atoms with Crippen LogP contribution in [0.1, 0.15) is 5.56 Å². The zero-order chi connectivity index (χ0) is 15.1. The molecule has 0 radical (unpaired) electrons. The monoisotopic (exact) mass is 282 g/mol. The van der Waals surface area contributed by atoms with Crippen molar-refractivity contribution in [3.63, 3.8) is 0 Å². The zero-order valence-corrected chi connectivity index (χ0v) is 11.8. The summed E-state index contributed by atoms with van der Waals surface area (Å²) in [5.74, 6) is -0.295. The zero-order valence-electron chi connectivity index (χ0n) is 11.8. The molecule has 0 aliphatic heterocycles. The van der Waals surface area contributed by atoms with E-state index in [1.807, 2.05) is 42.5 Å². The fourth-order valence-electron chi connectivity index (χ4n) is 2.06. The van der Waals surface area contributed by atoms with E-state index in [4.69, 9.17) is 0 Å². The lowest BCUT2D eigenvalue weighted by molar-refractivity contribution is -0.121. The Morgan fingerprint density at radius 3 is 2.48 bits per heavy atom. The van der Waals surface area contributed by atoms with Crippen LogP contribution >= 0.6 is 0 Å². The van der Waals surface area contributed by atoms with Gasteiger partial charge < -0.3 is 10.6 Å². The second-order valence-electron chi connectivity index (χ2n) is 4.70. The molecule has 2 amide bonds. The summed E-state index contributed by atoms with van der Waals surface area (Å²) in [6.07, 6.45) is 1.54. The molecule has 21 heavy (non-hydrogen) atoms. The minimum Gasteiger partial charge on any atom is -0.354 e. The van der Waals surface area contributed by atoms with Crippen LogP contribution in [0.4, 0.5) is 0 Å². The van der Waals surface area contributed by atoms with Crippen molar-refractivity contribution in [1.29, 1.82) is 0 Å². The standard InChI is InChI=1S/C17H18N2O2/c1-2-16(20)18-9-10-19-17(21)12-13-7-8-14-5-3-4-6-15(14)11-13/h2-8,11H,1,9-10,12H2,(H,18,20)(H,19,21). The first kappa shape index (κ1) is 14.8. The lowest BCUT2D eigenvalue weighted by Crippen LogP contribution is -2.34. The van der Waals surface area contributed by atoms with Gasteiger partial charge in [-0.2, -0.15) is 0 Å². The molecule has 0 bridgehead atoms. The molecule has 0 atom stereocenters. The van der Waals surface area contributed by atoms with Crippen molar-refractivity contribution in [2.75, 3.05) is 13.1 Å². The van der Waals surface area contributed by atoms with Crippen molar-refractivity contribution in [2.45, 2.75) is 6.42 Å². The van der Waals surface area contributed by atoms with Crippen LogP contribution in [0.15, 0.2) is 55.1 Å². The molecule has 0 unspecified atom stereocenters. The van der Waals surface area contributed by atoms with E-state index in [0.717, 1.165) is 16.3 Å². The number of hydrogen-bond acceptors (Lipinski definition) is 2. The van der Waals surface area contributed by atoms with E-state index in [9.17, 15) is 9.59 Å². The molecule has 0 heterocycles. The molecule has 2 aromatic rings. The van der Waals surface area contributed by atoms with Gasteiger partial charge in [0, 0.05) is 13.1 Å². The van der Waals surface area contributed by atoms with Gasteiger partial charge in [-0.25, -0.2) is 0 Å². The molecule has 0 aliphatic carbocycles. The molecular formula is C17H18N2O2. The first-order valence-electron chi connectivity index (χ1n) is 6.83. The summed E-state index contributed by atoms with van der Waals surface area (Å²) >= 11 is 0. The molecule has 0 fully saturated rings. The van der Waals surface area contributed by atoms with Gasteiger partial charge in [0.2, 0.25) is 11.8 Å². The molecule has 108 valence electrons. The van der Waals surface area contributed by atoms with Crippen molar-refractivity contribution in [3.8, 4) is 0 Å². The average Bonchev–Trinajstić information content (AvgIpc) is 2.51. The fraction of sp³-hybridized carbons (Fsp3) is 0.176. The van der Waals surface area contributed by atoms with Crippen LogP contribution in [0.3, 0.4) is 0 Å². The molecule has 2 N–H and O–H groups in total. The highest BCUT2D eigenvalue weighted by Crippen LogP contribution is 2.15. The summed E-state index contributed by atoms with van der Waals surface area (Å²) in [5.41, 5.74) is 0.973. The van der Waals surface area contributed by atoms with Gasteiger partial charge in [-0.05, 0) is 22.4 Å². The van der Waals surface area contributed by atoms with Crippen LogP contribution in [0.2, 0.25) is 0 Å². The molecule has 0 aromatic heterocycles. The first-order valence-corrected chi connectivity index (χ1v) is 6.83. The van der Waals surface area contributed by atoms with E-state index < -0.39 is 0 Å². The smallest absolute Gasteiger partial charge is 0.243 e. The largest absolute Gasteiger partial charge is 0.354 e. The highest BCUT2D eigenvalue weighted by atomic mass is 16.2. The van der Waals surface area contributed by atoms with Gasteiger partial charge in [-0.15, -0.1) is 0 Å². The maximum absolute atomic E-state index is 11.8. The predicted molar refractivity (Wildman–Crippen MR) is 83.9 cm³/mol. The number of rotatable bonds is 6. The second-order valence-corrected chi connectivity index (χ2v) is 4.70. The van der Waals surface area contributed by atoms with E-state index in [1.54, 1.807) is 0 Å². The van der Waals surface area contributed by atoms with Crippen molar-refractivity contribution in [2.24, 2.45) is 0 Å². The van der Waals surface area contributed by atoms with E-state index in [-0.39, 0.29) is 11.8 Å². The highest BCUT2D eigenvalue weighted by Gasteiger charge is 2.04. The summed E-state index contributed by atoms with van der Waals surface area (Å²) in [6.45, 7) is 4.16. The van der Waals surface area contributed by atoms with E-state index in [0.29, 0.717) is 19.5 Å². The number of carbonyl (C=O) groups excluding carboxylic acids is 2. The Morgan fingerprint density at radius 2 is 1.71 bits per heavy atom. The Balaban J connectivity index is 1.83. The fourth-order valence-corrected chi connectivity index (χ4v) is 2.06. The third-order valence-corrected chi connectivity index (χ3v) is 3.11. The summed E-state index contributed by atoms with van der Waals surface area (Å²) in [5, 5.41) is 7.66. The van der Waals surface area contributed by atoms with Crippen LogP contribution < -0.4 is 10.6 Å². The molecule has 2 aromatic carbocycles. The third-order valence-electron chi connectivity index (χ3n) is 3.11. The number of hydrogen-bond donors (Lipinski definition) is 2. The predicted octanol–water partition coefficient (Wildman–Crippen LogP) is 1.80. The number of benzene rings is 2. The van der Waals surface area contributed by atoms with Gasteiger partial charge in [0.15, 0.2) is 0 Å². The topological polar surface area (TPSA) is 58.2 Å². The highest BCUT2D eigenvalue weighted by molar-refractivity contribution is 5.87. The second kappa shape index (κ2) is 7.24. The summed E-state index contributed by atoms with van der Waals surface area (Å²) < 4.78 is 0.